The van der Waals surface area contributed by atoms with Gasteiger partial charge in [-0.2, -0.15) is 0 Å². The molecule has 27 heavy (non-hydrogen) atoms. The summed E-state index contributed by atoms with van der Waals surface area (Å²) in [6, 6.07) is 21.0. The van der Waals surface area contributed by atoms with E-state index in [1.807, 2.05) is 31.3 Å². The van der Waals surface area contributed by atoms with Crippen molar-refractivity contribution in [3.05, 3.63) is 71.8 Å². The Morgan fingerprint density at radius 2 is 1.67 bits per heavy atom. The lowest BCUT2D eigenvalue weighted by atomic mass is 9.74. The van der Waals surface area contributed by atoms with Crippen LogP contribution in [-0.2, 0) is 14.9 Å². The van der Waals surface area contributed by atoms with Crippen LogP contribution >= 0.6 is 0 Å². The summed E-state index contributed by atoms with van der Waals surface area (Å²) in [6.07, 6.45) is 1.88. The highest BCUT2D eigenvalue weighted by atomic mass is 16.5. The first-order valence-corrected chi connectivity index (χ1v) is 9.76. The van der Waals surface area contributed by atoms with E-state index >= 15 is 0 Å². The number of likely N-dealkylation sites (N-methyl/N-ethyl adjacent to an activating group) is 1. The molecule has 1 aliphatic rings. The zero-order valence-corrected chi connectivity index (χ0v) is 16.4. The first-order valence-electron chi connectivity index (χ1n) is 9.76. The van der Waals surface area contributed by atoms with E-state index in [9.17, 15) is 4.79 Å². The van der Waals surface area contributed by atoms with E-state index in [1.165, 1.54) is 11.1 Å². The van der Waals surface area contributed by atoms with Crippen LogP contribution in [0.3, 0.4) is 0 Å². The number of carbonyl (C=O) groups is 1. The maximum absolute atomic E-state index is 12.6. The van der Waals surface area contributed by atoms with E-state index in [2.05, 4.69) is 53.5 Å². The van der Waals surface area contributed by atoms with Crippen LogP contribution in [0.4, 0.5) is 0 Å². The van der Waals surface area contributed by atoms with Crippen molar-refractivity contribution < 1.29 is 9.53 Å². The molecule has 0 bridgehead atoms. The van der Waals surface area contributed by atoms with Crippen molar-refractivity contribution >= 4 is 5.91 Å². The first-order chi connectivity index (χ1) is 13.1. The Morgan fingerprint density at radius 3 is 2.30 bits per heavy atom. The van der Waals surface area contributed by atoms with E-state index in [4.69, 9.17) is 4.74 Å². The second-order valence-corrected chi connectivity index (χ2v) is 7.54. The molecule has 2 aromatic rings. The molecule has 1 aliphatic heterocycles. The molecular weight excluding hydrogens is 336 g/mol. The molecule has 1 saturated heterocycles. The van der Waals surface area contributed by atoms with Crippen LogP contribution in [-0.4, -0.2) is 44.2 Å². The van der Waals surface area contributed by atoms with Gasteiger partial charge in [-0.15, -0.1) is 0 Å². The van der Waals surface area contributed by atoms with Gasteiger partial charge in [-0.3, -0.25) is 9.69 Å². The predicted molar refractivity (Wildman–Crippen MR) is 109 cm³/mol. The molecule has 1 atom stereocenters. The summed E-state index contributed by atoms with van der Waals surface area (Å²) in [5.41, 5.74) is 2.48. The van der Waals surface area contributed by atoms with Gasteiger partial charge in [-0.05, 0) is 37.9 Å². The fourth-order valence-corrected chi connectivity index (χ4v) is 3.79. The molecule has 0 radical (unpaired) electrons. The maximum atomic E-state index is 12.6. The summed E-state index contributed by atoms with van der Waals surface area (Å²) < 4.78 is 5.58. The Morgan fingerprint density at radius 1 is 1.07 bits per heavy atom. The highest BCUT2D eigenvalue weighted by Crippen LogP contribution is 2.34. The van der Waals surface area contributed by atoms with Crippen molar-refractivity contribution in [1.82, 2.24) is 10.2 Å². The van der Waals surface area contributed by atoms with E-state index in [0.29, 0.717) is 13.1 Å². The number of carbonyl (C=O) groups excluding carboxylic acids is 1. The number of hydrogen-bond acceptors (Lipinski definition) is 3. The monoisotopic (exact) mass is 366 g/mol. The Bertz CT molecular complexity index is 712. The third-order valence-electron chi connectivity index (χ3n) is 5.80. The molecule has 1 heterocycles. The number of benzene rings is 2. The number of amides is 1. The van der Waals surface area contributed by atoms with Gasteiger partial charge in [0, 0.05) is 31.2 Å². The Hall–Kier alpha value is -2.17. The molecule has 1 fully saturated rings. The van der Waals surface area contributed by atoms with E-state index < -0.39 is 0 Å². The summed E-state index contributed by atoms with van der Waals surface area (Å²) in [7, 11) is 2.00. The first kappa shape index (κ1) is 19.6. The highest BCUT2D eigenvalue weighted by molar-refractivity contribution is 5.78. The molecule has 0 aliphatic carbocycles. The van der Waals surface area contributed by atoms with Gasteiger partial charge in [0.2, 0.25) is 5.91 Å². The smallest absolute Gasteiger partial charge is 0.234 e. The number of ether oxygens (including phenoxy) is 1. The molecular formula is C23H30N2O2. The molecule has 1 unspecified atom stereocenters. The Labute approximate surface area is 162 Å². The summed E-state index contributed by atoms with van der Waals surface area (Å²) in [4.78, 5) is 14.7. The van der Waals surface area contributed by atoms with Crippen LogP contribution in [0.2, 0.25) is 0 Å². The van der Waals surface area contributed by atoms with Gasteiger partial charge >= 0.3 is 0 Å². The molecule has 2 aromatic carbocycles. The molecule has 1 amide bonds. The maximum Gasteiger partial charge on any atom is 0.234 e. The normalized spacial score (nSPS) is 17.4. The van der Waals surface area contributed by atoms with Gasteiger partial charge in [0.25, 0.3) is 0 Å². The third kappa shape index (κ3) is 4.96. The van der Waals surface area contributed by atoms with Gasteiger partial charge in [-0.25, -0.2) is 0 Å². The minimum Gasteiger partial charge on any atom is -0.381 e. The minimum absolute atomic E-state index is 0.0290. The third-order valence-corrected chi connectivity index (χ3v) is 5.80. The van der Waals surface area contributed by atoms with Crippen LogP contribution in [0.25, 0.3) is 0 Å². The predicted octanol–water partition coefficient (Wildman–Crippen LogP) is 3.54. The van der Waals surface area contributed by atoms with Crippen LogP contribution < -0.4 is 5.32 Å². The summed E-state index contributed by atoms with van der Waals surface area (Å²) in [5.74, 6) is 0.0714. The zero-order chi connectivity index (χ0) is 19.1. The summed E-state index contributed by atoms with van der Waals surface area (Å²) >= 11 is 0. The van der Waals surface area contributed by atoms with Crippen LogP contribution in [0.1, 0.15) is 36.9 Å². The Kier molecular flexibility index (Phi) is 6.64. The van der Waals surface area contributed by atoms with Gasteiger partial charge in [0.15, 0.2) is 0 Å². The van der Waals surface area contributed by atoms with E-state index in [0.717, 1.165) is 26.1 Å². The minimum atomic E-state index is -0.0290. The standard InChI is InChI=1S/C23H30N2O2/c1-19(20-9-5-3-6-10-20)25(2)17-22(26)24-18-23(13-15-27-16-14-23)21-11-7-4-8-12-21/h3-12,19H,13-18H2,1-2H3,(H,24,26). The van der Waals surface area contributed by atoms with Crippen LogP contribution in [0.15, 0.2) is 60.7 Å². The lowest BCUT2D eigenvalue weighted by Crippen LogP contribution is -2.46. The van der Waals surface area contributed by atoms with Gasteiger partial charge in [-0.1, -0.05) is 60.7 Å². The summed E-state index contributed by atoms with van der Waals surface area (Å²) in [6.45, 7) is 4.67. The molecule has 4 heteroatoms. The lowest BCUT2D eigenvalue weighted by Gasteiger charge is -2.38. The molecule has 0 spiro atoms. The molecule has 144 valence electrons. The molecule has 3 rings (SSSR count). The SMILES string of the molecule is CC(c1ccccc1)N(C)CC(=O)NCC1(c2ccccc2)CCOCC1. The van der Waals surface area contributed by atoms with Crippen molar-refractivity contribution in [2.45, 2.75) is 31.2 Å². The lowest BCUT2D eigenvalue weighted by molar-refractivity contribution is -0.122. The quantitative estimate of drug-likeness (QED) is 0.815. The second-order valence-electron chi connectivity index (χ2n) is 7.54. The Balaban J connectivity index is 1.59. The topological polar surface area (TPSA) is 41.6 Å². The fraction of sp³-hybridized carbons (Fsp3) is 0.435. The van der Waals surface area contributed by atoms with Gasteiger partial charge < -0.3 is 10.1 Å². The van der Waals surface area contributed by atoms with Crippen LogP contribution in [0, 0.1) is 0 Å². The molecule has 0 saturated carbocycles. The van der Waals surface area contributed by atoms with Crippen LogP contribution in [0.5, 0.6) is 0 Å². The fourth-order valence-electron chi connectivity index (χ4n) is 3.79. The van der Waals surface area contributed by atoms with Crippen molar-refractivity contribution in [2.75, 3.05) is 33.4 Å². The number of hydrogen-bond donors (Lipinski definition) is 1. The number of nitrogens with one attached hydrogen (secondary N) is 1. The average molecular weight is 367 g/mol. The molecule has 1 N–H and O–H groups in total. The number of rotatable bonds is 7. The van der Waals surface area contributed by atoms with Crippen molar-refractivity contribution in [2.24, 2.45) is 0 Å². The van der Waals surface area contributed by atoms with E-state index in [-0.39, 0.29) is 17.4 Å². The van der Waals surface area contributed by atoms with Gasteiger partial charge in [0.1, 0.15) is 0 Å². The van der Waals surface area contributed by atoms with E-state index in [1.54, 1.807) is 0 Å². The molecule has 0 aromatic heterocycles. The number of nitrogens with zero attached hydrogens (tertiary/aromatic N) is 1. The zero-order valence-electron chi connectivity index (χ0n) is 16.4. The average Bonchev–Trinajstić information content (AvgIpc) is 2.73. The van der Waals surface area contributed by atoms with Crippen molar-refractivity contribution in [3.63, 3.8) is 0 Å². The van der Waals surface area contributed by atoms with Crippen molar-refractivity contribution in [1.29, 1.82) is 0 Å². The largest absolute Gasteiger partial charge is 0.381 e. The highest BCUT2D eigenvalue weighted by Gasteiger charge is 2.34. The van der Waals surface area contributed by atoms with Gasteiger partial charge in [0.05, 0.1) is 6.54 Å². The molecule has 4 nitrogen and oxygen atoms in total. The summed E-state index contributed by atoms with van der Waals surface area (Å²) in [5, 5.41) is 3.19. The van der Waals surface area contributed by atoms with Crippen molar-refractivity contribution in [3.8, 4) is 0 Å². The second kappa shape index (κ2) is 9.16.